The molecule has 1 amide bonds. The van der Waals surface area contributed by atoms with E-state index >= 15 is 0 Å². The van der Waals surface area contributed by atoms with Crippen LogP contribution in [0.4, 0.5) is 0 Å². The van der Waals surface area contributed by atoms with Gasteiger partial charge in [-0.25, -0.2) is 8.42 Å². The molecule has 104 valence electrons. The highest BCUT2D eigenvalue weighted by atomic mass is 35.7. The van der Waals surface area contributed by atoms with Crippen molar-refractivity contribution < 1.29 is 13.2 Å². The lowest BCUT2D eigenvalue weighted by molar-refractivity contribution is 0.0951. The fraction of sp³-hybridized carbons (Fsp3) is 0.462. The molecule has 0 radical (unpaired) electrons. The average molecular weight is 302 g/mol. The molecule has 0 unspecified atom stereocenters. The van der Waals surface area contributed by atoms with Gasteiger partial charge in [0.05, 0.1) is 4.90 Å². The SMILES string of the molecule is Cc1cc(S(=O)(=O)Cl)cc(C(=O)NCC2CC2)c1C. The molecule has 0 heterocycles. The topological polar surface area (TPSA) is 63.2 Å². The number of rotatable bonds is 4. The van der Waals surface area contributed by atoms with Gasteiger partial charge in [-0.05, 0) is 55.9 Å². The summed E-state index contributed by atoms with van der Waals surface area (Å²) in [4.78, 5) is 12.0. The molecule has 4 nitrogen and oxygen atoms in total. The number of benzene rings is 1. The van der Waals surface area contributed by atoms with E-state index in [4.69, 9.17) is 10.7 Å². The van der Waals surface area contributed by atoms with Crippen molar-refractivity contribution in [1.82, 2.24) is 5.32 Å². The molecule has 1 aliphatic carbocycles. The van der Waals surface area contributed by atoms with Gasteiger partial charge in [0.25, 0.3) is 15.0 Å². The summed E-state index contributed by atoms with van der Waals surface area (Å²) in [7, 11) is 1.51. The third kappa shape index (κ3) is 3.48. The summed E-state index contributed by atoms with van der Waals surface area (Å²) < 4.78 is 22.8. The van der Waals surface area contributed by atoms with E-state index in [-0.39, 0.29) is 10.8 Å². The van der Waals surface area contributed by atoms with Crippen LogP contribution in [-0.4, -0.2) is 20.9 Å². The lowest BCUT2D eigenvalue weighted by atomic mass is 10.0. The molecule has 0 saturated heterocycles. The highest BCUT2D eigenvalue weighted by Gasteiger charge is 2.23. The average Bonchev–Trinajstić information content (AvgIpc) is 3.11. The van der Waals surface area contributed by atoms with Crippen LogP contribution in [0.25, 0.3) is 0 Å². The van der Waals surface area contributed by atoms with Gasteiger partial charge in [-0.1, -0.05) is 0 Å². The van der Waals surface area contributed by atoms with Crippen molar-refractivity contribution in [2.24, 2.45) is 5.92 Å². The van der Waals surface area contributed by atoms with Crippen LogP contribution in [0.15, 0.2) is 17.0 Å². The molecule has 0 aromatic heterocycles. The van der Waals surface area contributed by atoms with Crippen molar-refractivity contribution in [3.8, 4) is 0 Å². The minimum atomic E-state index is -3.82. The quantitative estimate of drug-likeness (QED) is 0.868. The third-order valence-corrected chi connectivity index (χ3v) is 4.75. The lowest BCUT2D eigenvalue weighted by Gasteiger charge is -2.11. The van der Waals surface area contributed by atoms with E-state index in [1.807, 2.05) is 0 Å². The highest BCUT2D eigenvalue weighted by molar-refractivity contribution is 8.13. The Bertz CT molecular complexity index is 621. The van der Waals surface area contributed by atoms with E-state index in [2.05, 4.69) is 5.32 Å². The van der Waals surface area contributed by atoms with Gasteiger partial charge in [0.15, 0.2) is 0 Å². The summed E-state index contributed by atoms with van der Waals surface area (Å²) in [5, 5.41) is 2.83. The molecule has 0 aliphatic heterocycles. The van der Waals surface area contributed by atoms with Crippen LogP contribution in [0.5, 0.6) is 0 Å². The Hall–Kier alpha value is -1.07. The maximum absolute atomic E-state index is 12.1. The summed E-state index contributed by atoms with van der Waals surface area (Å²) >= 11 is 0. The molecule has 0 bridgehead atoms. The third-order valence-electron chi connectivity index (χ3n) is 3.42. The second kappa shape index (κ2) is 5.13. The predicted molar refractivity (Wildman–Crippen MR) is 74.0 cm³/mol. The number of aryl methyl sites for hydroxylation is 1. The Morgan fingerprint density at radius 1 is 1.37 bits per heavy atom. The van der Waals surface area contributed by atoms with Gasteiger partial charge in [0.1, 0.15) is 0 Å². The summed E-state index contributed by atoms with van der Waals surface area (Å²) in [6, 6.07) is 2.82. The Morgan fingerprint density at radius 3 is 2.53 bits per heavy atom. The van der Waals surface area contributed by atoms with E-state index in [1.165, 1.54) is 12.1 Å². The van der Waals surface area contributed by atoms with Crippen molar-refractivity contribution in [1.29, 1.82) is 0 Å². The van der Waals surface area contributed by atoms with Crippen molar-refractivity contribution in [2.75, 3.05) is 6.54 Å². The van der Waals surface area contributed by atoms with Gasteiger partial charge >= 0.3 is 0 Å². The molecule has 1 fully saturated rings. The first-order valence-electron chi connectivity index (χ1n) is 6.13. The smallest absolute Gasteiger partial charge is 0.261 e. The van der Waals surface area contributed by atoms with Crippen LogP contribution < -0.4 is 5.32 Å². The molecule has 6 heteroatoms. The van der Waals surface area contributed by atoms with Gasteiger partial charge in [0, 0.05) is 22.8 Å². The van der Waals surface area contributed by atoms with Gasteiger partial charge in [-0.3, -0.25) is 4.79 Å². The first-order chi connectivity index (χ1) is 8.79. The van der Waals surface area contributed by atoms with Gasteiger partial charge in [0.2, 0.25) is 0 Å². The monoisotopic (exact) mass is 301 g/mol. The minimum absolute atomic E-state index is 0.0335. The normalized spacial score (nSPS) is 15.3. The van der Waals surface area contributed by atoms with Crippen molar-refractivity contribution in [3.05, 3.63) is 28.8 Å². The Kier molecular flexibility index (Phi) is 3.87. The molecular formula is C13H16ClNO3S. The second-order valence-electron chi connectivity index (χ2n) is 5.00. The fourth-order valence-electron chi connectivity index (χ4n) is 1.86. The zero-order valence-corrected chi connectivity index (χ0v) is 12.4. The Morgan fingerprint density at radius 2 is 2.00 bits per heavy atom. The second-order valence-corrected chi connectivity index (χ2v) is 7.57. The molecule has 1 aromatic carbocycles. The highest BCUT2D eigenvalue weighted by Crippen LogP contribution is 2.28. The van der Waals surface area contributed by atoms with Crippen molar-refractivity contribution in [2.45, 2.75) is 31.6 Å². The van der Waals surface area contributed by atoms with Crippen molar-refractivity contribution in [3.63, 3.8) is 0 Å². The molecule has 0 atom stereocenters. The summed E-state index contributed by atoms with van der Waals surface area (Å²) in [5.41, 5.74) is 1.88. The van der Waals surface area contributed by atoms with E-state index in [1.54, 1.807) is 13.8 Å². The predicted octanol–water partition coefficient (Wildman–Crippen LogP) is 2.37. The maximum atomic E-state index is 12.1. The molecule has 2 rings (SSSR count). The first kappa shape index (κ1) is 14.3. The van der Waals surface area contributed by atoms with Crippen LogP contribution in [0.2, 0.25) is 0 Å². The Balaban J connectivity index is 2.31. The molecular weight excluding hydrogens is 286 g/mol. The summed E-state index contributed by atoms with van der Waals surface area (Å²) in [6.45, 7) is 4.21. The number of nitrogens with one attached hydrogen (secondary N) is 1. The number of hydrogen-bond acceptors (Lipinski definition) is 3. The molecule has 1 saturated carbocycles. The largest absolute Gasteiger partial charge is 0.352 e. The standard InChI is InChI=1S/C13H16ClNO3S/c1-8-5-11(19(14,17)18)6-12(9(8)2)13(16)15-7-10-3-4-10/h5-6,10H,3-4,7H2,1-2H3,(H,15,16). The Labute approximate surface area is 117 Å². The first-order valence-corrected chi connectivity index (χ1v) is 8.44. The number of carbonyl (C=O) groups excluding carboxylic acids is 1. The van der Waals surface area contributed by atoms with Crippen LogP contribution >= 0.6 is 10.7 Å². The minimum Gasteiger partial charge on any atom is -0.352 e. The van der Waals surface area contributed by atoms with Crippen LogP contribution in [0, 0.1) is 19.8 Å². The van der Waals surface area contributed by atoms with Crippen LogP contribution in [0.3, 0.4) is 0 Å². The van der Waals surface area contributed by atoms with E-state index in [0.717, 1.165) is 24.0 Å². The molecule has 1 N–H and O–H groups in total. The maximum Gasteiger partial charge on any atom is 0.261 e. The zero-order chi connectivity index (χ0) is 14.2. The van der Waals surface area contributed by atoms with Gasteiger partial charge in [-0.15, -0.1) is 0 Å². The van der Waals surface area contributed by atoms with E-state index < -0.39 is 9.05 Å². The van der Waals surface area contributed by atoms with Crippen LogP contribution in [-0.2, 0) is 9.05 Å². The summed E-state index contributed by atoms with van der Waals surface area (Å²) in [5.74, 6) is 0.333. The molecule has 19 heavy (non-hydrogen) atoms. The molecule has 1 aromatic rings. The lowest BCUT2D eigenvalue weighted by Crippen LogP contribution is -2.26. The number of carbonyl (C=O) groups is 1. The fourth-order valence-corrected chi connectivity index (χ4v) is 2.70. The number of hydrogen-bond donors (Lipinski definition) is 1. The van der Waals surface area contributed by atoms with Gasteiger partial charge in [-0.2, -0.15) is 0 Å². The molecule has 0 spiro atoms. The number of halogens is 1. The van der Waals surface area contributed by atoms with Crippen LogP contribution in [0.1, 0.15) is 34.3 Å². The van der Waals surface area contributed by atoms with E-state index in [9.17, 15) is 13.2 Å². The zero-order valence-electron chi connectivity index (χ0n) is 10.9. The summed E-state index contributed by atoms with van der Waals surface area (Å²) in [6.07, 6.45) is 2.29. The number of amides is 1. The van der Waals surface area contributed by atoms with E-state index in [0.29, 0.717) is 18.0 Å². The molecule has 1 aliphatic rings. The van der Waals surface area contributed by atoms with Crippen molar-refractivity contribution >= 4 is 25.6 Å². The van der Waals surface area contributed by atoms with Gasteiger partial charge < -0.3 is 5.32 Å².